The molecule has 0 spiro atoms. The zero-order chi connectivity index (χ0) is 9.94. The first-order valence-electron chi connectivity index (χ1n) is 3.68. The van der Waals surface area contributed by atoms with Crippen molar-refractivity contribution in [3.63, 3.8) is 0 Å². The molecule has 0 atom stereocenters. The van der Waals surface area contributed by atoms with Crippen LogP contribution in [0.25, 0.3) is 0 Å². The summed E-state index contributed by atoms with van der Waals surface area (Å²) in [6, 6.07) is 9.44. The van der Waals surface area contributed by atoms with E-state index in [1.165, 1.54) is 6.08 Å². The van der Waals surface area contributed by atoms with Crippen molar-refractivity contribution < 1.29 is 9.53 Å². The molecule has 0 aliphatic rings. The van der Waals surface area contributed by atoms with E-state index < -0.39 is 0 Å². The first-order valence-corrected chi connectivity index (χ1v) is 4.05. The molecule has 13 heavy (non-hydrogen) atoms. The van der Waals surface area contributed by atoms with E-state index >= 15 is 0 Å². The highest BCUT2D eigenvalue weighted by Crippen LogP contribution is 2.03. The first-order chi connectivity index (χ1) is 6.31. The molecule has 0 aliphatic carbocycles. The predicted molar refractivity (Wildman–Crippen MR) is 53.7 cm³/mol. The Bertz CT molecular complexity index is 226. The fraction of sp³-hybridized carbons (Fsp3) is 0.100. The molecule has 0 saturated heterocycles. The van der Waals surface area contributed by atoms with Crippen molar-refractivity contribution in [2.75, 3.05) is 6.61 Å². The van der Waals surface area contributed by atoms with Crippen LogP contribution in [0.2, 0.25) is 5.02 Å². The number of halogens is 1. The quantitative estimate of drug-likeness (QED) is 0.424. The van der Waals surface area contributed by atoms with Crippen LogP contribution in [0.4, 0.5) is 0 Å². The Balaban J connectivity index is 0.000000226. The topological polar surface area (TPSA) is 26.3 Å². The molecule has 0 aliphatic heterocycles. The first kappa shape index (κ1) is 11.7. The maximum atomic E-state index is 9.29. The summed E-state index contributed by atoms with van der Waals surface area (Å²) in [5, 5.41) is 0.794. The number of hydrogen-bond acceptors (Lipinski definition) is 2. The van der Waals surface area contributed by atoms with Crippen molar-refractivity contribution in [3.8, 4) is 0 Å². The zero-order valence-electron chi connectivity index (χ0n) is 7.15. The number of hydrogen-bond donors (Lipinski definition) is 0. The van der Waals surface area contributed by atoms with E-state index in [2.05, 4.69) is 11.3 Å². The molecule has 0 fully saturated rings. The highest BCUT2D eigenvalue weighted by atomic mass is 35.5. The van der Waals surface area contributed by atoms with Crippen molar-refractivity contribution in [1.29, 1.82) is 0 Å². The van der Waals surface area contributed by atoms with E-state index in [4.69, 9.17) is 11.6 Å². The Morgan fingerprint density at radius 2 is 2.00 bits per heavy atom. The lowest BCUT2D eigenvalue weighted by Gasteiger charge is -1.82. The third-order valence-electron chi connectivity index (χ3n) is 1.02. The van der Waals surface area contributed by atoms with Crippen LogP contribution in [-0.4, -0.2) is 13.1 Å². The molecule has 70 valence electrons. The number of carbonyl (C=O) groups excluding carboxylic acids is 1. The average Bonchev–Trinajstić information content (AvgIpc) is 2.17. The van der Waals surface area contributed by atoms with Crippen molar-refractivity contribution >= 4 is 18.1 Å². The molecule has 2 nitrogen and oxygen atoms in total. The Morgan fingerprint density at radius 1 is 1.38 bits per heavy atom. The van der Waals surface area contributed by atoms with Crippen LogP contribution < -0.4 is 0 Å². The Hall–Kier alpha value is -1.28. The second-order valence-electron chi connectivity index (χ2n) is 2.01. The van der Waals surface area contributed by atoms with Gasteiger partial charge in [-0.1, -0.05) is 42.5 Å². The van der Waals surface area contributed by atoms with Gasteiger partial charge in [-0.05, 0) is 12.1 Å². The van der Waals surface area contributed by atoms with Gasteiger partial charge in [0.15, 0.2) is 0 Å². The maximum absolute atomic E-state index is 9.29. The minimum absolute atomic E-state index is 0.309. The highest BCUT2D eigenvalue weighted by Gasteiger charge is 1.74. The zero-order valence-corrected chi connectivity index (χ0v) is 7.91. The van der Waals surface area contributed by atoms with Crippen LogP contribution in [0.15, 0.2) is 43.0 Å². The molecule has 0 heterocycles. The van der Waals surface area contributed by atoms with Gasteiger partial charge in [-0.3, -0.25) is 4.79 Å². The summed E-state index contributed by atoms with van der Waals surface area (Å²) in [7, 11) is 0. The highest BCUT2D eigenvalue weighted by molar-refractivity contribution is 6.30. The second-order valence-corrected chi connectivity index (χ2v) is 2.45. The molecule has 0 bridgehead atoms. The van der Waals surface area contributed by atoms with Crippen LogP contribution in [0.3, 0.4) is 0 Å². The summed E-state index contributed by atoms with van der Waals surface area (Å²) >= 11 is 5.54. The van der Waals surface area contributed by atoms with Crippen LogP contribution in [-0.2, 0) is 9.53 Å². The minimum atomic E-state index is 0.309. The SMILES string of the molecule is C=CCOC=O.Clc1ccccc1. The Labute approximate surface area is 82.8 Å². The molecule has 1 aromatic carbocycles. The molecule has 0 aromatic heterocycles. The summed E-state index contributed by atoms with van der Waals surface area (Å²) in [5.74, 6) is 0. The molecule has 0 N–H and O–H groups in total. The number of rotatable bonds is 3. The van der Waals surface area contributed by atoms with Gasteiger partial charge in [-0.25, -0.2) is 0 Å². The normalized spacial score (nSPS) is 7.77. The van der Waals surface area contributed by atoms with Gasteiger partial charge in [-0.15, -0.1) is 0 Å². The average molecular weight is 199 g/mol. The van der Waals surface area contributed by atoms with Crippen LogP contribution in [0, 0.1) is 0 Å². The smallest absolute Gasteiger partial charge is 0.293 e. The van der Waals surface area contributed by atoms with E-state index in [9.17, 15) is 4.79 Å². The third kappa shape index (κ3) is 8.63. The van der Waals surface area contributed by atoms with E-state index in [1.807, 2.05) is 30.3 Å². The Kier molecular flexibility index (Phi) is 7.95. The van der Waals surface area contributed by atoms with Crippen molar-refractivity contribution in [2.24, 2.45) is 0 Å². The van der Waals surface area contributed by atoms with Gasteiger partial charge < -0.3 is 4.74 Å². The van der Waals surface area contributed by atoms with Gasteiger partial charge in [0, 0.05) is 5.02 Å². The molecule has 1 rings (SSSR count). The second kappa shape index (κ2) is 8.81. The van der Waals surface area contributed by atoms with Crippen LogP contribution in [0.5, 0.6) is 0 Å². The molecule has 0 unspecified atom stereocenters. The minimum Gasteiger partial charge on any atom is -0.464 e. The van der Waals surface area contributed by atoms with Gasteiger partial charge in [0.2, 0.25) is 0 Å². The lowest BCUT2D eigenvalue weighted by Crippen LogP contribution is -1.83. The van der Waals surface area contributed by atoms with E-state index in [0.717, 1.165) is 5.02 Å². The summed E-state index contributed by atoms with van der Waals surface area (Å²) in [5.41, 5.74) is 0. The van der Waals surface area contributed by atoms with Crippen molar-refractivity contribution in [1.82, 2.24) is 0 Å². The molecule has 1 aromatic rings. The molecular weight excluding hydrogens is 188 g/mol. The molecule has 0 saturated carbocycles. The third-order valence-corrected chi connectivity index (χ3v) is 1.27. The van der Waals surface area contributed by atoms with E-state index in [-0.39, 0.29) is 0 Å². The number of ether oxygens (including phenoxy) is 1. The number of carbonyl (C=O) groups is 1. The molecule has 3 heteroatoms. The molecule has 0 amide bonds. The van der Waals surface area contributed by atoms with Gasteiger partial charge >= 0.3 is 0 Å². The largest absolute Gasteiger partial charge is 0.464 e. The van der Waals surface area contributed by atoms with Crippen molar-refractivity contribution in [3.05, 3.63) is 48.0 Å². The lowest BCUT2D eigenvalue weighted by atomic mass is 10.4. The van der Waals surface area contributed by atoms with Gasteiger partial charge in [0.1, 0.15) is 6.61 Å². The number of benzene rings is 1. The van der Waals surface area contributed by atoms with Gasteiger partial charge in [0.25, 0.3) is 6.47 Å². The standard InChI is InChI=1S/C6H5Cl.C4H6O2/c7-6-4-2-1-3-5-6;1-2-3-6-4-5/h1-5H;2,4H,1,3H2. The summed E-state index contributed by atoms with van der Waals surface area (Å²) < 4.78 is 4.18. The molecule has 0 radical (unpaired) electrons. The summed E-state index contributed by atoms with van der Waals surface area (Å²) in [6.07, 6.45) is 1.51. The van der Waals surface area contributed by atoms with E-state index in [0.29, 0.717) is 13.1 Å². The maximum Gasteiger partial charge on any atom is 0.293 e. The monoisotopic (exact) mass is 198 g/mol. The van der Waals surface area contributed by atoms with Gasteiger partial charge in [-0.2, -0.15) is 0 Å². The fourth-order valence-electron chi connectivity index (χ4n) is 0.522. The lowest BCUT2D eigenvalue weighted by molar-refractivity contribution is -0.127. The Morgan fingerprint density at radius 3 is 2.23 bits per heavy atom. The van der Waals surface area contributed by atoms with Crippen molar-refractivity contribution in [2.45, 2.75) is 0 Å². The summed E-state index contributed by atoms with van der Waals surface area (Å²) in [4.78, 5) is 9.29. The molecular formula is C10H11ClO2. The summed E-state index contributed by atoms with van der Waals surface area (Å²) in [6.45, 7) is 4.01. The van der Waals surface area contributed by atoms with Gasteiger partial charge in [0.05, 0.1) is 0 Å². The van der Waals surface area contributed by atoms with Crippen LogP contribution >= 0.6 is 11.6 Å². The van der Waals surface area contributed by atoms with Crippen LogP contribution in [0.1, 0.15) is 0 Å². The van der Waals surface area contributed by atoms with E-state index in [1.54, 1.807) is 0 Å². The fourth-order valence-corrected chi connectivity index (χ4v) is 0.667. The predicted octanol–water partition coefficient (Wildman–Crippen LogP) is 2.69.